The number of alkyl halides is 2. The second-order valence-corrected chi connectivity index (χ2v) is 6.71. The van der Waals surface area contributed by atoms with E-state index in [0.717, 1.165) is 17.2 Å². The Morgan fingerprint density at radius 2 is 1.92 bits per heavy atom. The van der Waals surface area contributed by atoms with Crippen molar-refractivity contribution in [2.45, 2.75) is 38.9 Å². The molecule has 1 aliphatic rings. The molecule has 1 saturated heterocycles. The van der Waals surface area contributed by atoms with E-state index in [9.17, 15) is 13.9 Å². The molecule has 0 unspecified atom stereocenters. The van der Waals surface area contributed by atoms with E-state index in [4.69, 9.17) is 4.74 Å². The largest absolute Gasteiger partial charge is 0.429 e. The van der Waals surface area contributed by atoms with Gasteiger partial charge in [0.25, 0.3) is 0 Å². The normalized spacial score (nSPS) is 15.7. The van der Waals surface area contributed by atoms with Crippen LogP contribution in [-0.4, -0.2) is 40.2 Å². The van der Waals surface area contributed by atoms with Gasteiger partial charge in [-0.1, -0.05) is 19.9 Å². The third-order valence-corrected chi connectivity index (χ3v) is 4.20. The van der Waals surface area contributed by atoms with Gasteiger partial charge in [0.15, 0.2) is 5.82 Å². The number of rotatable bonds is 6. The van der Waals surface area contributed by atoms with Crippen LogP contribution in [0.4, 0.5) is 14.6 Å². The Kier molecular flexibility index (Phi) is 5.00. The number of hydrogen-bond donors (Lipinski definition) is 1. The fourth-order valence-electron chi connectivity index (χ4n) is 2.84. The van der Waals surface area contributed by atoms with Crippen molar-refractivity contribution in [3.05, 3.63) is 48.2 Å². The molecule has 0 aliphatic carbocycles. The minimum atomic E-state index is -3.34. The van der Waals surface area contributed by atoms with E-state index in [1.54, 1.807) is 16.8 Å². The van der Waals surface area contributed by atoms with E-state index in [1.165, 1.54) is 25.1 Å². The predicted molar refractivity (Wildman–Crippen MR) is 96.3 cm³/mol. The Balaban J connectivity index is 1.84. The van der Waals surface area contributed by atoms with Crippen LogP contribution in [0, 0.1) is 0 Å². The van der Waals surface area contributed by atoms with E-state index in [-0.39, 0.29) is 17.8 Å². The molecule has 7 heteroatoms. The smallest absolute Gasteiger partial charge is 0.419 e. The molecular formula is C19H23F2N3O2. The number of hydrogen-bond acceptors (Lipinski definition) is 4. The fourth-order valence-corrected chi connectivity index (χ4v) is 2.84. The highest BCUT2D eigenvalue weighted by molar-refractivity contribution is 5.48. The Labute approximate surface area is 151 Å². The molecule has 1 aromatic carbocycles. The van der Waals surface area contributed by atoms with E-state index < -0.39 is 6.11 Å². The summed E-state index contributed by atoms with van der Waals surface area (Å²) in [6, 6.07) is 8.42. The molecule has 26 heavy (non-hydrogen) atoms. The van der Waals surface area contributed by atoms with Gasteiger partial charge in [-0.05, 0) is 37.1 Å². The zero-order valence-electron chi connectivity index (χ0n) is 15.1. The van der Waals surface area contributed by atoms with Gasteiger partial charge in [-0.2, -0.15) is 13.9 Å². The molecule has 0 amide bonds. The van der Waals surface area contributed by atoms with E-state index in [1.807, 2.05) is 11.0 Å². The number of benzene rings is 1. The first-order valence-corrected chi connectivity index (χ1v) is 8.63. The number of nitrogens with zero attached hydrogens (tertiary/aromatic N) is 3. The van der Waals surface area contributed by atoms with Crippen molar-refractivity contribution < 1.29 is 18.6 Å². The van der Waals surface area contributed by atoms with E-state index in [2.05, 4.69) is 18.9 Å². The second-order valence-electron chi connectivity index (χ2n) is 6.71. The van der Waals surface area contributed by atoms with Crippen LogP contribution in [0.2, 0.25) is 0 Å². The summed E-state index contributed by atoms with van der Waals surface area (Å²) in [6.45, 7) is 6.79. The molecule has 0 bridgehead atoms. The monoisotopic (exact) mass is 363 g/mol. The van der Waals surface area contributed by atoms with Crippen molar-refractivity contribution in [3.63, 3.8) is 0 Å². The third kappa shape index (κ3) is 3.88. The lowest BCUT2D eigenvalue weighted by molar-refractivity contribution is -0.131. The minimum Gasteiger partial charge on any atom is -0.429 e. The molecule has 1 aromatic heterocycles. The first-order chi connectivity index (χ1) is 12.3. The number of β-amino-alcohol motifs (C(OH)–C–C–N with tert-alkyl or cyclic N) is 1. The summed E-state index contributed by atoms with van der Waals surface area (Å²) in [7, 11) is 0. The van der Waals surface area contributed by atoms with Crippen LogP contribution >= 0.6 is 0 Å². The molecule has 0 radical (unpaired) electrons. The second kappa shape index (κ2) is 7.07. The number of allylic oxidation sites excluding steroid dienone is 1. The summed E-state index contributed by atoms with van der Waals surface area (Å²) in [5, 5.41) is 14.1. The molecule has 1 N–H and O–H groups in total. The van der Waals surface area contributed by atoms with Crippen LogP contribution in [0.3, 0.4) is 0 Å². The maximum atomic E-state index is 13.5. The molecule has 1 fully saturated rings. The summed E-state index contributed by atoms with van der Waals surface area (Å²) in [4.78, 5) is 2.00. The topological polar surface area (TPSA) is 50.5 Å². The van der Waals surface area contributed by atoms with Crippen molar-refractivity contribution in [3.8, 4) is 11.4 Å². The number of aromatic nitrogens is 2. The van der Waals surface area contributed by atoms with E-state index >= 15 is 0 Å². The zero-order chi connectivity index (χ0) is 18.9. The summed E-state index contributed by atoms with van der Waals surface area (Å²) < 4.78 is 33.6. The van der Waals surface area contributed by atoms with Crippen molar-refractivity contribution in [2.24, 2.45) is 0 Å². The Hall–Kier alpha value is -2.41. The van der Waals surface area contributed by atoms with Gasteiger partial charge in [-0.25, -0.2) is 4.68 Å². The zero-order valence-corrected chi connectivity index (χ0v) is 15.1. The van der Waals surface area contributed by atoms with Crippen LogP contribution in [0.5, 0.6) is 5.75 Å². The standard InChI is InChI=1S/C19H23F2N3O2/c1-4-9-19(20,21)26-16-7-5-14(6-8-16)24-17(13(2)3)10-18(22-24)23-11-15(25)12-23/h4-10,13,15,25H,11-12H2,1-3H3/b9-4+. The molecule has 1 aliphatic heterocycles. The summed E-state index contributed by atoms with van der Waals surface area (Å²) in [5.41, 5.74) is 1.78. The first kappa shape index (κ1) is 18.4. The molecule has 0 atom stereocenters. The van der Waals surface area contributed by atoms with Crippen LogP contribution < -0.4 is 9.64 Å². The van der Waals surface area contributed by atoms with Gasteiger partial charge in [-0.3, -0.25) is 0 Å². The van der Waals surface area contributed by atoms with Gasteiger partial charge in [0.1, 0.15) is 5.75 Å². The SMILES string of the molecule is C/C=C/C(F)(F)Oc1ccc(-n2nc(N3CC(O)C3)cc2C(C)C)cc1. The van der Waals surface area contributed by atoms with E-state index in [0.29, 0.717) is 19.2 Å². The maximum Gasteiger partial charge on any atom is 0.419 e. The molecule has 5 nitrogen and oxygen atoms in total. The highest BCUT2D eigenvalue weighted by atomic mass is 19.3. The number of aliphatic hydroxyl groups is 1. The van der Waals surface area contributed by atoms with Gasteiger partial charge in [0.2, 0.25) is 0 Å². The summed E-state index contributed by atoms with van der Waals surface area (Å²) in [6.07, 6.45) is -1.69. The highest BCUT2D eigenvalue weighted by Gasteiger charge is 2.28. The number of ether oxygens (including phenoxy) is 1. The number of halogens is 2. The Morgan fingerprint density at radius 1 is 1.27 bits per heavy atom. The Morgan fingerprint density at radius 3 is 2.46 bits per heavy atom. The highest BCUT2D eigenvalue weighted by Crippen LogP contribution is 2.29. The lowest BCUT2D eigenvalue weighted by Gasteiger charge is -2.35. The summed E-state index contributed by atoms with van der Waals surface area (Å²) >= 11 is 0. The molecular weight excluding hydrogens is 340 g/mol. The average molecular weight is 363 g/mol. The molecule has 2 aromatic rings. The van der Waals surface area contributed by atoms with Crippen LogP contribution in [0.25, 0.3) is 5.69 Å². The van der Waals surface area contributed by atoms with Crippen molar-refractivity contribution in [1.82, 2.24) is 9.78 Å². The van der Waals surface area contributed by atoms with Gasteiger partial charge >= 0.3 is 6.11 Å². The van der Waals surface area contributed by atoms with Crippen molar-refractivity contribution in [2.75, 3.05) is 18.0 Å². The van der Waals surface area contributed by atoms with Gasteiger partial charge < -0.3 is 14.7 Å². The lowest BCUT2D eigenvalue weighted by atomic mass is 10.1. The van der Waals surface area contributed by atoms with Gasteiger partial charge in [0.05, 0.1) is 11.8 Å². The first-order valence-electron chi connectivity index (χ1n) is 8.63. The predicted octanol–water partition coefficient (Wildman–Crippen LogP) is 3.72. The van der Waals surface area contributed by atoms with Gasteiger partial charge in [-0.15, -0.1) is 0 Å². The number of anilines is 1. The van der Waals surface area contributed by atoms with Crippen molar-refractivity contribution >= 4 is 5.82 Å². The summed E-state index contributed by atoms with van der Waals surface area (Å²) in [5.74, 6) is 1.12. The third-order valence-electron chi connectivity index (χ3n) is 4.20. The molecule has 0 saturated carbocycles. The molecule has 140 valence electrons. The average Bonchev–Trinajstić information content (AvgIpc) is 2.97. The fraction of sp³-hybridized carbons (Fsp3) is 0.421. The molecule has 0 spiro atoms. The van der Waals surface area contributed by atoms with Gasteiger partial charge in [0, 0.05) is 30.9 Å². The maximum absolute atomic E-state index is 13.5. The molecule has 3 rings (SSSR count). The lowest BCUT2D eigenvalue weighted by Crippen LogP contribution is -2.51. The Bertz CT molecular complexity index is 779. The minimum absolute atomic E-state index is 0.0844. The number of aliphatic hydroxyl groups excluding tert-OH is 1. The van der Waals surface area contributed by atoms with Crippen LogP contribution in [0.1, 0.15) is 32.4 Å². The van der Waals surface area contributed by atoms with Crippen LogP contribution in [0.15, 0.2) is 42.5 Å². The quantitative estimate of drug-likeness (QED) is 0.795. The van der Waals surface area contributed by atoms with Crippen molar-refractivity contribution in [1.29, 1.82) is 0 Å². The van der Waals surface area contributed by atoms with Crippen LogP contribution in [-0.2, 0) is 0 Å². The molecule has 2 heterocycles.